The monoisotopic (exact) mass is 395 g/mol. The van der Waals surface area contributed by atoms with Crippen LogP contribution in [0.25, 0.3) is 16.9 Å². The molecule has 0 saturated heterocycles. The molecule has 0 fully saturated rings. The molecule has 1 N–H and O–H groups in total. The lowest BCUT2D eigenvalue weighted by molar-refractivity contribution is 0.102. The van der Waals surface area contributed by atoms with Crippen molar-refractivity contribution < 1.29 is 4.79 Å². The average molecular weight is 396 g/mol. The summed E-state index contributed by atoms with van der Waals surface area (Å²) < 4.78 is 1.87. The van der Waals surface area contributed by atoms with Crippen LogP contribution >= 0.6 is 23.2 Å². The molecule has 6 heteroatoms. The van der Waals surface area contributed by atoms with Crippen molar-refractivity contribution in [3.63, 3.8) is 0 Å². The Morgan fingerprint density at radius 2 is 1.74 bits per heavy atom. The summed E-state index contributed by atoms with van der Waals surface area (Å²) >= 11 is 12.2. The average Bonchev–Trinajstić information content (AvgIpc) is 2.99. The molecule has 27 heavy (non-hydrogen) atoms. The predicted molar refractivity (Wildman–Crippen MR) is 110 cm³/mol. The zero-order valence-corrected chi connectivity index (χ0v) is 15.9. The smallest absolute Gasteiger partial charge is 0.256 e. The van der Waals surface area contributed by atoms with Gasteiger partial charge in [0.2, 0.25) is 0 Å². The van der Waals surface area contributed by atoms with E-state index in [9.17, 15) is 4.79 Å². The zero-order chi connectivity index (χ0) is 19.0. The molecule has 0 radical (unpaired) electrons. The Kier molecular flexibility index (Phi) is 4.60. The summed E-state index contributed by atoms with van der Waals surface area (Å²) in [6, 6.07) is 18.1. The molecule has 0 unspecified atom stereocenters. The lowest BCUT2D eigenvalue weighted by atomic mass is 10.1. The summed E-state index contributed by atoms with van der Waals surface area (Å²) in [5.41, 5.74) is 3.73. The van der Waals surface area contributed by atoms with E-state index in [0.717, 1.165) is 16.8 Å². The summed E-state index contributed by atoms with van der Waals surface area (Å²) in [4.78, 5) is 17.5. The summed E-state index contributed by atoms with van der Waals surface area (Å²) in [5.74, 6) is 0.324. The molecule has 0 aliphatic carbocycles. The molecule has 2 aromatic heterocycles. The number of aromatic nitrogens is 2. The SMILES string of the molecule is Cc1ccc2nc(-c3cccc(Cl)c3)c(NC(=O)c3cccc(Cl)c3)n2c1. The molecule has 0 saturated carbocycles. The molecule has 4 nitrogen and oxygen atoms in total. The van der Waals surface area contributed by atoms with Crippen molar-refractivity contribution in [2.45, 2.75) is 6.92 Å². The molecule has 134 valence electrons. The van der Waals surface area contributed by atoms with Crippen LogP contribution in [0.1, 0.15) is 15.9 Å². The van der Waals surface area contributed by atoms with Crippen LogP contribution in [0.2, 0.25) is 10.0 Å². The number of carbonyl (C=O) groups is 1. The van der Waals surface area contributed by atoms with E-state index in [4.69, 9.17) is 28.2 Å². The highest BCUT2D eigenvalue weighted by atomic mass is 35.5. The number of imidazole rings is 1. The normalized spacial score (nSPS) is 10.9. The lowest BCUT2D eigenvalue weighted by Gasteiger charge is -2.09. The third kappa shape index (κ3) is 3.54. The van der Waals surface area contributed by atoms with Gasteiger partial charge >= 0.3 is 0 Å². The summed E-state index contributed by atoms with van der Waals surface area (Å²) in [6.07, 6.45) is 1.93. The minimum absolute atomic E-state index is 0.260. The van der Waals surface area contributed by atoms with Crippen molar-refractivity contribution in [2.24, 2.45) is 0 Å². The number of nitrogens with one attached hydrogen (secondary N) is 1. The van der Waals surface area contributed by atoms with Crippen LogP contribution in [0.15, 0.2) is 66.9 Å². The van der Waals surface area contributed by atoms with E-state index in [2.05, 4.69) is 5.32 Å². The quantitative estimate of drug-likeness (QED) is 0.471. The minimum atomic E-state index is -0.260. The number of halogens is 2. The standard InChI is InChI=1S/C21H15Cl2N3O/c1-13-8-9-18-24-19(14-4-2-6-16(22)10-14)20(26(18)12-13)25-21(27)15-5-3-7-17(23)11-15/h2-12H,1H3,(H,25,27). The highest BCUT2D eigenvalue weighted by molar-refractivity contribution is 6.31. The second-order valence-corrected chi connectivity index (χ2v) is 7.09. The van der Waals surface area contributed by atoms with Crippen molar-refractivity contribution in [2.75, 3.05) is 5.32 Å². The van der Waals surface area contributed by atoms with Gasteiger partial charge in [-0.2, -0.15) is 0 Å². The van der Waals surface area contributed by atoms with Crippen LogP contribution in [0.5, 0.6) is 0 Å². The molecule has 0 spiro atoms. The first kappa shape index (κ1) is 17.6. The number of fused-ring (bicyclic) bond motifs is 1. The van der Waals surface area contributed by atoms with Crippen molar-refractivity contribution in [3.05, 3.63) is 88.0 Å². The molecule has 4 aromatic rings. The zero-order valence-electron chi connectivity index (χ0n) is 14.4. The number of anilines is 1. The van der Waals surface area contributed by atoms with E-state index >= 15 is 0 Å². The van der Waals surface area contributed by atoms with Gasteiger partial charge in [-0.15, -0.1) is 0 Å². The molecule has 1 amide bonds. The van der Waals surface area contributed by atoms with Gasteiger partial charge in [-0.05, 0) is 48.9 Å². The van der Waals surface area contributed by atoms with E-state index in [-0.39, 0.29) is 5.91 Å². The summed E-state index contributed by atoms with van der Waals surface area (Å²) in [6.45, 7) is 1.99. The minimum Gasteiger partial charge on any atom is -0.306 e. The van der Waals surface area contributed by atoms with Crippen molar-refractivity contribution in [1.29, 1.82) is 0 Å². The van der Waals surface area contributed by atoms with Crippen LogP contribution in [-0.4, -0.2) is 15.3 Å². The first-order valence-electron chi connectivity index (χ1n) is 8.33. The predicted octanol–water partition coefficient (Wildman–Crippen LogP) is 5.87. The summed E-state index contributed by atoms with van der Waals surface area (Å²) in [7, 11) is 0. The second kappa shape index (κ2) is 7.06. The number of aryl methyl sites for hydroxylation is 1. The molecule has 0 atom stereocenters. The Hall–Kier alpha value is -2.82. The second-order valence-electron chi connectivity index (χ2n) is 6.22. The van der Waals surface area contributed by atoms with Gasteiger partial charge in [0.1, 0.15) is 17.2 Å². The number of pyridine rings is 1. The number of carbonyl (C=O) groups excluding carboxylic acids is 1. The fourth-order valence-corrected chi connectivity index (χ4v) is 3.30. The van der Waals surface area contributed by atoms with Gasteiger partial charge in [-0.3, -0.25) is 9.20 Å². The topological polar surface area (TPSA) is 46.4 Å². The highest BCUT2D eigenvalue weighted by Crippen LogP contribution is 2.31. The molecular formula is C21H15Cl2N3O. The van der Waals surface area contributed by atoms with Crippen LogP contribution in [0, 0.1) is 6.92 Å². The Balaban J connectivity index is 1.85. The van der Waals surface area contributed by atoms with Gasteiger partial charge in [-0.25, -0.2) is 4.98 Å². The van der Waals surface area contributed by atoms with Crippen LogP contribution in [-0.2, 0) is 0 Å². The maximum Gasteiger partial charge on any atom is 0.256 e. The third-order valence-corrected chi connectivity index (χ3v) is 4.65. The molecular weight excluding hydrogens is 381 g/mol. The number of hydrogen-bond acceptors (Lipinski definition) is 2. The van der Waals surface area contributed by atoms with Crippen molar-refractivity contribution in [3.8, 4) is 11.3 Å². The third-order valence-electron chi connectivity index (χ3n) is 4.18. The number of hydrogen-bond donors (Lipinski definition) is 1. The fraction of sp³-hybridized carbons (Fsp3) is 0.0476. The molecule has 0 aliphatic heterocycles. The Labute approximate surface area is 166 Å². The van der Waals surface area contributed by atoms with Crippen molar-refractivity contribution in [1.82, 2.24) is 9.38 Å². The number of benzene rings is 2. The van der Waals surface area contributed by atoms with E-state index in [1.807, 2.05) is 47.9 Å². The first-order valence-corrected chi connectivity index (χ1v) is 9.08. The highest BCUT2D eigenvalue weighted by Gasteiger charge is 2.18. The first-order chi connectivity index (χ1) is 13.0. The maximum atomic E-state index is 12.8. The van der Waals surface area contributed by atoms with Gasteiger partial charge < -0.3 is 5.32 Å². The van der Waals surface area contributed by atoms with Crippen LogP contribution in [0.3, 0.4) is 0 Å². The number of rotatable bonds is 3. The number of nitrogens with zero attached hydrogens (tertiary/aromatic N) is 2. The van der Waals surface area contributed by atoms with Crippen LogP contribution in [0.4, 0.5) is 5.82 Å². The van der Waals surface area contributed by atoms with E-state index in [0.29, 0.717) is 27.1 Å². The van der Waals surface area contributed by atoms with Gasteiger partial charge in [0.15, 0.2) is 0 Å². The molecule has 4 rings (SSSR count). The van der Waals surface area contributed by atoms with E-state index in [1.165, 1.54) is 0 Å². The maximum absolute atomic E-state index is 12.8. The van der Waals surface area contributed by atoms with Gasteiger partial charge in [0.05, 0.1) is 0 Å². The molecule has 0 aliphatic rings. The number of amides is 1. The lowest BCUT2D eigenvalue weighted by Crippen LogP contribution is -2.14. The Morgan fingerprint density at radius 1 is 1.00 bits per heavy atom. The molecule has 2 aromatic carbocycles. The van der Waals surface area contributed by atoms with Gasteiger partial charge in [0, 0.05) is 27.4 Å². The Bertz CT molecular complexity index is 1170. The molecule has 2 heterocycles. The fourth-order valence-electron chi connectivity index (χ4n) is 2.92. The largest absolute Gasteiger partial charge is 0.306 e. The van der Waals surface area contributed by atoms with Crippen molar-refractivity contribution >= 4 is 40.6 Å². The van der Waals surface area contributed by atoms with Gasteiger partial charge in [0.25, 0.3) is 5.91 Å². The van der Waals surface area contributed by atoms with Gasteiger partial charge in [-0.1, -0.05) is 47.5 Å². The van der Waals surface area contributed by atoms with E-state index in [1.54, 1.807) is 30.3 Å². The van der Waals surface area contributed by atoms with Crippen LogP contribution < -0.4 is 5.32 Å². The summed E-state index contributed by atoms with van der Waals surface area (Å²) in [5, 5.41) is 4.09. The van der Waals surface area contributed by atoms with E-state index < -0.39 is 0 Å². The molecule has 0 bridgehead atoms. The Morgan fingerprint density at radius 3 is 2.48 bits per heavy atom.